The molecule has 0 spiro atoms. The second kappa shape index (κ2) is 4.52. The minimum atomic E-state index is -2.18. The Hall–Kier alpha value is -0.560. The van der Waals surface area contributed by atoms with E-state index in [0.29, 0.717) is 6.42 Å². The molecular formula is C14H24O. The van der Waals surface area contributed by atoms with Crippen LogP contribution in [0.3, 0.4) is 0 Å². The first-order valence-corrected chi connectivity index (χ1v) is 5.57. The van der Waals surface area contributed by atoms with E-state index >= 15 is 0 Å². The Labute approximate surface area is 98.1 Å². The number of hydrogen-bond donors (Lipinski definition) is 1. The van der Waals surface area contributed by atoms with Crippen molar-refractivity contribution in [3.63, 3.8) is 0 Å². The molecule has 0 radical (unpaired) electrons. The van der Waals surface area contributed by atoms with Crippen LogP contribution >= 0.6 is 0 Å². The smallest absolute Gasteiger partial charge is 0.0567 e. The third kappa shape index (κ3) is 2.52. The fourth-order valence-electron chi connectivity index (χ4n) is 2.28. The summed E-state index contributed by atoms with van der Waals surface area (Å²) in [5.74, 6) is -0.245. The molecule has 1 heteroatoms. The first-order chi connectivity index (χ1) is 8.10. The summed E-state index contributed by atoms with van der Waals surface area (Å²) in [5.41, 5.74) is 2.28. The van der Waals surface area contributed by atoms with E-state index in [9.17, 15) is 5.11 Å². The molecule has 1 aliphatic rings. The summed E-state index contributed by atoms with van der Waals surface area (Å²) in [6, 6.07) is 0. The van der Waals surface area contributed by atoms with Gasteiger partial charge < -0.3 is 5.11 Å². The van der Waals surface area contributed by atoms with Crippen molar-refractivity contribution < 1.29 is 9.22 Å². The zero-order valence-corrected chi connectivity index (χ0v) is 10.2. The van der Waals surface area contributed by atoms with Gasteiger partial charge in [0.25, 0.3) is 0 Å². The lowest BCUT2D eigenvalue weighted by molar-refractivity contribution is 0.228. The Bertz CT molecular complexity index is 364. The van der Waals surface area contributed by atoms with Crippen LogP contribution in [-0.4, -0.2) is 11.7 Å². The van der Waals surface area contributed by atoms with Gasteiger partial charge in [0, 0.05) is 6.56 Å². The van der Waals surface area contributed by atoms with Gasteiger partial charge in [0.05, 0.1) is 4.11 Å². The van der Waals surface area contributed by atoms with E-state index in [1.165, 1.54) is 12.1 Å². The highest BCUT2D eigenvalue weighted by Gasteiger charge is 2.36. The molecule has 0 aliphatic heterocycles. The van der Waals surface area contributed by atoms with Gasteiger partial charge in [-0.3, -0.25) is 0 Å². The minimum absolute atomic E-state index is 0.0226. The molecule has 1 rings (SSSR count). The van der Waals surface area contributed by atoms with Crippen LogP contribution in [0.1, 0.15) is 44.6 Å². The van der Waals surface area contributed by atoms with Crippen LogP contribution in [0.4, 0.5) is 0 Å². The van der Waals surface area contributed by atoms with Gasteiger partial charge in [-0.25, -0.2) is 0 Å². The van der Waals surface area contributed by atoms with Crippen LogP contribution in [0.25, 0.3) is 0 Å². The van der Waals surface area contributed by atoms with Crippen LogP contribution in [0.2, 0.25) is 0 Å². The third-order valence-corrected chi connectivity index (χ3v) is 3.76. The Balaban J connectivity index is 2.83. The maximum Gasteiger partial charge on any atom is 0.0567 e. The van der Waals surface area contributed by atoms with Crippen molar-refractivity contribution in [1.82, 2.24) is 0 Å². The van der Waals surface area contributed by atoms with E-state index in [0.717, 1.165) is 12.0 Å². The SMILES string of the molecule is [2H]C=C(CC(C)C([2H])([2H])O)[C@@H]1CC=C(C)C1(C)C. The fourth-order valence-corrected chi connectivity index (χ4v) is 2.28. The summed E-state index contributed by atoms with van der Waals surface area (Å²) >= 11 is 0. The van der Waals surface area contributed by atoms with Gasteiger partial charge in [-0.2, -0.15) is 0 Å². The van der Waals surface area contributed by atoms with Crippen molar-refractivity contribution in [3.05, 3.63) is 23.8 Å². The normalized spacial score (nSPS) is 31.5. The summed E-state index contributed by atoms with van der Waals surface area (Å²) in [4.78, 5) is 0. The van der Waals surface area contributed by atoms with E-state index < -0.39 is 12.5 Å². The lowest BCUT2D eigenvalue weighted by Gasteiger charge is -2.32. The van der Waals surface area contributed by atoms with Gasteiger partial charge >= 0.3 is 0 Å². The van der Waals surface area contributed by atoms with Crippen LogP contribution in [0, 0.1) is 17.3 Å². The number of aliphatic hydroxyl groups is 1. The predicted molar refractivity (Wildman–Crippen MR) is 65.7 cm³/mol. The summed E-state index contributed by atoms with van der Waals surface area (Å²) in [5, 5.41) is 9.39. The van der Waals surface area contributed by atoms with Gasteiger partial charge in [0.2, 0.25) is 0 Å². The third-order valence-electron chi connectivity index (χ3n) is 3.76. The molecule has 1 nitrogen and oxygen atoms in total. The first-order valence-electron chi connectivity index (χ1n) is 7.15. The Morgan fingerprint density at radius 1 is 1.87 bits per heavy atom. The number of hydrogen-bond acceptors (Lipinski definition) is 1. The molecule has 0 aromatic rings. The van der Waals surface area contributed by atoms with Crippen molar-refractivity contribution in [2.45, 2.75) is 40.5 Å². The molecule has 0 saturated carbocycles. The molecule has 0 saturated heterocycles. The van der Waals surface area contributed by atoms with Gasteiger partial charge in [0.1, 0.15) is 0 Å². The quantitative estimate of drug-likeness (QED) is 0.705. The first kappa shape index (κ1) is 8.58. The summed E-state index contributed by atoms with van der Waals surface area (Å²) < 4.78 is 22.2. The molecule has 86 valence electrons. The molecule has 0 heterocycles. The van der Waals surface area contributed by atoms with Crippen LogP contribution in [0.5, 0.6) is 0 Å². The van der Waals surface area contributed by atoms with Crippen LogP contribution < -0.4 is 0 Å². The number of rotatable bonds is 4. The zero-order valence-electron chi connectivity index (χ0n) is 13.2. The molecule has 0 aromatic carbocycles. The standard InChI is InChI=1S/C14H24O/c1-10(9-15)8-11(2)13-7-6-12(3)14(13,4)5/h6,10,13,15H,2,7-9H2,1,3-5H3/t10?,13-/m0/s1/i2D,9D2. The molecule has 0 bridgehead atoms. The van der Waals surface area contributed by atoms with Gasteiger partial charge in [0.15, 0.2) is 0 Å². The number of allylic oxidation sites excluding steroid dienone is 3. The predicted octanol–water partition coefficient (Wildman–Crippen LogP) is 3.55. The summed E-state index contributed by atoms with van der Waals surface area (Å²) in [7, 11) is 0. The average Bonchev–Trinajstić information content (AvgIpc) is 2.49. The lowest BCUT2D eigenvalue weighted by Crippen LogP contribution is -2.23. The molecule has 15 heavy (non-hydrogen) atoms. The molecule has 0 fully saturated rings. The Morgan fingerprint density at radius 2 is 2.53 bits per heavy atom. The highest BCUT2D eigenvalue weighted by molar-refractivity contribution is 5.25. The van der Waals surface area contributed by atoms with Crippen LogP contribution in [0.15, 0.2) is 23.8 Å². The van der Waals surface area contributed by atoms with Crippen LogP contribution in [-0.2, 0) is 0 Å². The maximum atomic E-state index is 9.39. The Kier molecular flexibility index (Phi) is 2.59. The van der Waals surface area contributed by atoms with Crippen molar-refractivity contribution in [2.24, 2.45) is 17.3 Å². The second-order valence-electron chi connectivity index (χ2n) is 5.21. The summed E-state index contributed by atoms with van der Waals surface area (Å²) in [6.45, 7) is 7.29. The molecular weight excluding hydrogens is 184 g/mol. The molecule has 1 N–H and O–H groups in total. The molecule has 0 aromatic heterocycles. The van der Waals surface area contributed by atoms with E-state index in [1.807, 2.05) is 0 Å². The van der Waals surface area contributed by atoms with Gasteiger partial charge in [-0.05, 0) is 37.0 Å². The minimum Gasteiger partial charge on any atom is -0.396 e. The highest BCUT2D eigenvalue weighted by atomic mass is 16.3. The lowest BCUT2D eigenvalue weighted by atomic mass is 9.73. The second-order valence-corrected chi connectivity index (χ2v) is 5.21. The maximum absolute atomic E-state index is 9.39. The van der Waals surface area contributed by atoms with Crippen molar-refractivity contribution in [1.29, 1.82) is 0 Å². The largest absolute Gasteiger partial charge is 0.396 e. The van der Waals surface area contributed by atoms with E-state index in [4.69, 9.17) is 4.11 Å². The van der Waals surface area contributed by atoms with E-state index in [-0.39, 0.29) is 11.3 Å². The average molecular weight is 211 g/mol. The van der Waals surface area contributed by atoms with E-state index in [1.54, 1.807) is 6.92 Å². The topological polar surface area (TPSA) is 20.2 Å². The Morgan fingerprint density at radius 3 is 2.93 bits per heavy atom. The zero-order chi connectivity index (χ0) is 14.1. The molecule has 0 amide bonds. The van der Waals surface area contributed by atoms with Crippen molar-refractivity contribution >= 4 is 0 Å². The molecule has 1 unspecified atom stereocenters. The molecule has 2 atom stereocenters. The monoisotopic (exact) mass is 211 g/mol. The summed E-state index contributed by atoms with van der Waals surface area (Å²) in [6.07, 6.45) is 3.54. The highest BCUT2D eigenvalue weighted by Crippen LogP contribution is 2.47. The van der Waals surface area contributed by atoms with E-state index in [2.05, 4.69) is 26.8 Å². The van der Waals surface area contributed by atoms with Crippen molar-refractivity contribution in [2.75, 3.05) is 6.56 Å². The fraction of sp³-hybridized carbons (Fsp3) is 0.714. The molecule has 1 aliphatic carbocycles. The van der Waals surface area contributed by atoms with Gasteiger partial charge in [-0.15, -0.1) is 0 Å². The van der Waals surface area contributed by atoms with Gasteiger partial charge in [-0.1, -0.05) is 44.5 Å². The van der Waals surface area contributed by atoms with Crippen molar-refractivity contribution in [3.8, 4) is 0 Å².